The highest BCUT2D eigenvalue weighted by Gasteiger charge is 2.23. The van der Waals surface area contributed by atoms with Gasteiger partial charge in [-0.2, -0.15) is 0 Å². The number of piperidine rings is 1. The monoisotopic (exact) mass is 397 g/mol. The second-order valence-electron chi connectivity index (χ2n) is 6.99. The van der Waals surface area contributed by atoms with Gasteiger partial charge < -0.3 is 14.4 Å². The van der Waals surface area contributed by atoms with Crippen LogP contribution in [0.15, 0.2) is 47.5 Å². The molecule has 1 aromatic carbocycles. The first-order chi connectivity index (χ1) is 13.8. The number of amides is 1. The molecule has 4 rings (SSSR count). The van der Waals surface area contributed by atoms with Gasteiger partial charge in [-0.25, -0.2) is 9.78 Å². The molecule has 1 aliphatic rings. The van der Waals surface area contributed by atoms with Crippen LogP contribution >= 0.6 is 11.3 Å². The molecule has 1 aliphatic heterocycles. The van der Waals surface area contributed by atoms with Crippen molar-refractivity contribution in [3.8, 4) is 5.75 Å². The molecule has 0 saturated carbocycles. The Morgan fingerprint density at radius 2 is 2.11 bits per heavy atom. The Balaban J connectivity index is 1.17. The van der Waals surface area contributed by atoms with E-state index in [1.807, 2.05) is 29.8 Å². The van der Waals surface area contributed by atoms with Crippen molar-refractivity contribution in [1.29, 1.82) is 0 Å². The summed E-state index contributed by atoms with van der Waals surface area (Å²) in [6.45, 7) is 2.42. The van der Waals surface area contributed by atoms with Crippen molar-refractivity contribution in [2.45, 2.75) is 25.9 Å². The van der Waals surface area contributed by atoms with Crippen LogP contribution in [-0.2, 0) is 11.3 Å². The van der Waals surface area contributed by atoms with E-state index in [0.717, 1.165) is 54.6 Å². The third-order valence-electron chi connectivity index (χ3n) is 5.11. The molecule has 0 radical (unpaired) electrons. The average Bonchev–Trinajstić information content (AvgIpc) is 3.26. The van der Waals surface area contributed by atoms with E-state index < -0.39 is 0 Å². The number of benzene rings is 1. The Bertz CT molecular complexity index is 908. The number of ether oxygens (including phenoxy) is 2. The zero-order chi connectivity index (χ0) is 19.2. The normalized spacial score (nSPS) is 14.9. The molecule has 0 N–H and O–H groups in total. The number of hydrogen-bond acceptors (Lipinski definition) is 6. The van der Waals surface area contributed by atoms with Gasteiger partial charge in [0.15, 0.2) is 0 Å². The number of pyridine rings is 1. The van der Waals surface area contributed by atoms with Crippen LogP contribution in [0.25, 0.3) is 10.8 Å². The summed E-state index contributed by atoms with van der Waals surface area (Å²) in [6, 6.07) is 8.07. The zero-order valence-electron chi connectivity index (χ0n) is 15.6. The summed E-state index contributed by atoms with van der Waals surface area (Å²) in [7, 11) is 0. The third kappa shape index (κ3) is 4.78. The fourth-order valence-corrected chi connectivity index (χ4v) is 3.98. The van der Waals surface area contributed by atoms with E-state index in [0.29, 0.717) is 12.5 Å². The van der Waals surface area contributed by atoms with Crippen LogP contribution in [0.4, 0.5) is 4.79 Å². The van der Waals surface area contributed by atoms with E-state index in [1.54, 1.807) is 16.6 Å². The van der Waals surface area contributed by atoms with Crippen LogP contribution in [0, 0.1) is 5.92 Å². The van der Waals surface area contributed by atoms with E-state index >= 15 is 0 Å². The van der Waals surface area contributed by atoms with Gasteiger partial charge in [-0.15, -0.1) is 11.3 Å². The smallest absolute Gasteiger partial charge is 0.410 e. The molecule has 0 bridgehead atoms. The maximum absolute atomic E-state index is 12.2. The molecule has 1 fully saturated rings. The minimum absolute atomic E-state index is 0.242. The van der Waals surface area contributed by atoms with Crippen molar-refractivity contribution >= 4 is 28.2 Å². The third-order valence-corrected chi connectivity index (χ3v) is 5.74. The molecule has 0 spiro atoms. The maximum atomic E-state index is 12.2. The van der Waals surface area contributed by atoms with Gasteiger partial charge in [0.05, 0.1) is 17.8 Å². The average molecular weight is 398 g/mol. The quantitative estimate of drug-likeness (QED) is 0.612. The SMILES string of the molecule is O=C(OCc1cscn1)N1CCC(CCOc2ccc3cnccc3c2)CC1. The Morgan fingerprint density at radius 3 is 2.93 bits per heavy atom. The lowest BCUT2D eigenvalue weighted by Crippen LogP contribution is -2.39. The van der Waals surface area contributed by atoms with Gasteiger partial charge in [0, 0.05) is 36.2 Å². The van der Waals surface area contributed by atoms with Crippen molar-refractivity contribution in [2.75, 3.05) is 19.7 Å². The summed E-state index contributed by atoms with van der Waals surface area (Å²) in [5, 5.41) is 4.15. The molecule has 1 amide bonds. The molecule has 3 heterocycles. The van der Waals surface area contributed by atoms with E-state index in [1.165, 1.54) is 11.3 Å². The summed E-state index contributed by atoms with van der Waals surface area (Å²) >= 11 is 1.50. The Morgan fingerprint density at radius 1 is 1.21 bits per heavy atom. The van der Waals surface area contributed by atoms with E-state index in [-0.39, 0.29) is 12.7 Å². The Kier molecular flexibility index (Phi) is 6.01. The van der Waals surface area contributed by atoms with E-state index in [2.05, 4.69) is 16.0 Å². The van der Waals surface area contributed by atoms with Crippen LogP contribution in [-0.4, -0.2) is 40.7 Å². The van der Waals surface area contributed by atoms with Crippen molar-refractivity contribution in [2.24, 2.45) is 5.92 Å². The van der Waals surface area contributed by atoms with Crippen LogP contribution in [0.3, 0.4) is 0 Å². The minimum Gasteiger partial charge on any atom is -0.494 e. The van der Waals surface area contributed by atoms with E-state index in [4.69, 9.17) is 9.47 Å². The summed E-state index contributed by atoms with van der Waals surface area (Å²) in [5.41, 5.74) is 2.54. The molecule has 0 aliphatic carbocycles. The summed E-state index contributed by atoms with van der Waals surface area (Å²) in [4.78, 5) is 22.2. The lowest BCUT2D eigenvalue weighted by atomic mass is 9.94. The van der Waals surface area contributed by atoms with Crippen LogP contribution in [0.5, 0.6) is 5.75 Å². The molecule has 7 heteroatoms. The van der Waals surface area contributed by atoms with Gasteiger partial charge in [-0.1, -0.05) is 0 Å². The summed E-state index contributed by atoms with van der Waals surface area (Å²) in [6.07, 6.45) is 6.37. The molecular weight excluding hydrogens is 374 g/mol. The number of likely N-dealkylation sites (tertiary alicyclic amines) is 1. The Labute approximate surface area is 168 Å². The fraction of sp³-hybridized carbons (Fsp3) is 0.381. The van der Waals surface area contributed by atoms with Gasteiger partial charge in [-0.3, -0.25) is 4.98 Å². The van der Waals surface area contributed by atoms with Crippen molar-refractivity contribution in [3.63, 3.8) is 0 Å². The van der Waals surface area contributed by atoms with Crippen molar-refractivity contribution in [1.82, 2.24) is 14.9 Å². The number of carbonyl (C=O) groups is 1. The highest BCUT2D eigenvalue weighted by atomic mass is 32.1. The number of hydrogen-bond donors (Lipinski definition) is 0. The van der Waals surface area contributed by atoms with Gasteiger partial charge in [0.2, 0.25) is 0 Å². The van der Waals surface area contributed by atoms with E-state index in [9.17, 15) is 4.79 Å². The standard InChI is InChI=1S/C21H23N3O3S/c25-21(27-13-19-14-28-15-23-19)24-8-4-16(5-9-24)6-10-26-20-2-1-18-12-22-7-3-17(18)11-20/h1-3,7,11-12,14-16H,4-6,8-10,13H2. The molecule has 28 heavy (non-hydrogen) atoms. The van der Waals surface area contributed by atoms with Crippen LogP contribution in [0.1, 0.15) is 25.0 Å². The lowest BCUT2D eigenvalue weighted by Gasteiger charge is -2.31. The number of rotatable bonds is 6. The molecular formula is C21H23N3O3S. The molecule has 0 unspecified atom stereocenters. The second kappa shape index (κ2) is 9.01. The van der Waals surface area contributed by atoms with Crippen LogP contribution in [0.2, 0.25) is 0 Å². The van der Waals surface area contributed by atoms with Gasteiger partial charge in [-0.05, 0) is 54.8 Å². The predicted molar refractivity (Wildman–Crippen MR) is 108 cm³/mol. The fourth-order valence-electron chi connectivity index (χ4n) is 3.43. The first kappa shape index (κ1) is 18.7. The molecule has 2 aromatic heterocycles. The molecule has 1 saturated heterocycles. The number of thiazole rings is 1. The molecule has 3 aromatic rings. The predicted octanol–water partition coefficient (Wildman–Crippen LogP) is 4.51. The minimum atomic E-state index is -0.242. The number of aromatic nitrogens is 2. The summed E-state index contributed by atoms with van der Waals surface area (Å²) in [5.74, 6) is 1.47. The summed E-state index contributed by atoms with van der Waals surface area (Å²) < 4.78 is 11.3. The number of nitrogens with zero attached hydrogens (tertiary/aromatic N) is 3. The van der Waals surface area contributed by atoms with Crippen LogP contribution < -0.4 is 4.74 Å². The molecule has 0 atom stereocenters. The van der Waals surface area contributed by atoms with Gasteiger partial charge in [0.1, 0.15) is 12.4 Å². The Hall–Kier alpha value is -2.67. The topological polar surface area (TPSA) is 64.5 Å². The van der Waals surface area contributed by atoms with Gasteiger partial charge in [0.25, 0.3) is 0 Å². The number of fused-ring (bicyclic) bond motifs is 1. The van der Waals surface area contributed by atoms with Crippen molar-refractivity contribution < 1.29 is 14.3 Å². The molecule has 146 valence electrons. The van der Waals surface area contributed by atoms with Crippen molar-refractivity contribution in [3.05, 3.63) is 53.2 Å². The lowest BCUT2D eigenvalue weighted by molar-refractivity contribution is 0.0792. The maximum Gasteiger partial charge on any atom is 0.410 e. The first-order valence-electron chi connectivity index (χ1n) is 9.53. The zero-order valence-corrected chi connectivity index (χ0v) is 16.4. The number of carbonyl (C=O) groups excluding carboxylic acids is 1. The first-order valence-corrected chi connectivity index (χ1v) is 10.5. The largest absolute Gasteiger partial charge is 0.494 e. The highest BCUT2D eigenvalue weighted by Crippen LogP contribution is 2.23. The highest BCUT2D eigenvalue weighted by molar-refractivity contribution is 7.07. The second-order valence-corrected chi connectivity index (χ2v) is 7.71. The molecule has 6 nitrogen and oxygen atoms in total. The van der Waals surface area contributed by atoms with Gasteiger partial charge >= 0.3 is 6.09 Å².